The Bertz CT molecular complexity index is 520. The minimum Gasteiger partial charge on any atom is -0.242 e. The van der Waals surface area contributed by atoms with Crippen LogP contribution in [-0.2, 0) is 10.0 Å². The zero-order chi connectivity index (χ0) is 13.3. The van der Waals surface area contributed by atoms with Gasteiger partial charge < -0.3 is 0 Å². The minimum absolute atomic E-state index is 0.134. The molecular formula is C14H19N2O2S. The second kappa shape index (κ2) is 5.23. The van der Waals surface area contributed by atoms with E-state index in [4.69, 9.17) is 0 Å². The van der Waals surface area contributed by atoms with Gasteiger partial charge in [-0.25, -0.2) is 13.7 Å². The van der Waals surface area contributed by atoms with Crippen LogP contribution in [0.1, 0.15) is 25.7 Å². The van der Waals surface area contributed by atoms with E-state index in [0.717, 1.165) is 38.8 Å². The normalized spacial score (nSPS) is 21.7. The molecule has 1 saturated heterocycles. The van der Waals surface area contributed by atoms with Gasteiger partial charge in [0.05, 0.1) is 4.90 Å². The van der Waals surface area contributed by atoms with Crippen LogP contribution in [0.3, 0.4) is 0 Å². The van der Waals surface area contributed by atoms with Gasteiger partial charge in [-0.3, -0.25) is 0 Å². The van der Waals surface area contributed by atoms with E-state index in [9.17, 15) is 8.42 Å². The van der Waals surface area contributed by atoms with Crippen LogP contribution in [0.2, 0.25) is 0 Å². The molecule has 1 aliphatic heterocycles. The van der Waals surface area contributed by atoms with Crippen molar-refractivity contribution in [3.8, 4) is 0 Å². The highest BCUT2D eigenvalue weighted by atomic mass is 32.2. The Labute approximate surface area is 114 Å². The molecule has 1 aliphatic carbocycles. The average molecular weight is 279 g/mol. The summed E-state index contributed by atoms with van der Waals surface area (Å²) in [4.78, 5) is 0.421. The number of hydrogen-bond donors (Lipinski definition) is 0. The van der Waals surface area contributed by atoms with Gasteiger partial charge in [-0.15, -0.1) is 0 Å². The predicted molar refractivity (Wildman–Crippen MR) is 73.4 cm³/mol. The second-order valence-electron chi connectivity index (χ2n) is 5.28. The van der Waals surface area contributed by atoms with Crippen molar-refractivity contribution in [1.29, 1.82) is 0 Å². The fourth-order valence-corrected chi connectivity index (χ4v) is 4.68. The molecule has 0 atom stereocenters. The third-order valence-electron chi connectivity index (χ3n) is 3.83. The zero-order valence-corrected chi connectivity index (χ0v) is 11.7. The summed E-state index contributed by atoms with van der Waals surface area (Å²) in [6.07, 6.45) is 3.73. The summed E-state index contributed by atoms with van der Waals surface area (Å²) in [6, 6.07) is 9.15. The monoisotopic (exact) mass is 279 g/mol. The zero-order valence-electron chi connectivity index (χ0n) is 10.9. The highest BCUT2D eigenvalue weighted by Gasteiger charge is 2.42. The number of rotatable bonds is 4. The molecular weight excluding hydrogens is 260 g/mol. The van der Waals surface area contributed by atoms with E-state index in [-0.39, 0.29) is 12.1 Å². The number of piperidine rings is 1. The van der Waals surface area contributed by atoms with Crippen LogP contribution in [0.4, 0.5) is 0 Å². The SMILES string of the molecule is O=S(=O)(c1ccccc1)N(C1CC[N]CC1)C1CC1. The largest absolute Gasteiger partial charge is 0.243 e. The molecule has 2 aliphatic rings. The summed E-state index contributed by atoms with van der Waals surface area (Å²) in [7, 11) is -3.35. The molecule has 0 N–H and O–H groups in total. The highest BCUT2D eigenvalue weighted by Crippen LogP contribution is 2.36. The minimum atomic E-state index is -3.35. The maximum Gasteiger partial charge on any atom is 0.243 e. The summed E-state index contributed by atoms with van der Waals surface area (Å²) in [5, 5.41) is 4.32. The third-order valence-corrected chi connectivity index (χ3v) is 5.85. The van der Waals surface area contributed by atoms with Gasteiger partial charge in [0, 0.05) is 25.2 Å². The predicted octanol–water partition coefficient (Wildman–Crippen LogP) is 1.61. The van der Waals surface area contributed by atoms with E-state index in [1.807, 2.05) is 6.07 Å². The number of hydrogen-bond acceptors (Lipinski definition) is 2. The Morgan fingerprint density at radius 3 is 2.11 bits per heavy atom. The van der Waals surface area contributed by atoms with Gasteiger partial charge in [-0.05, 0) is 37.8 Å². The lowest BCUT2D eigenvalue weighted by Gasteiger charge is -2.33. The molecule has 19 heavy (non-hydrogen) atoms. The maximum atomic E-state index is 12.8. The van der Waals surface area contributed by atoms with Crippen molar-refractivity contribution in [2.45, 2.75) is 42.7 Å². The molecule has 0 amide bonds. The van der Waals surface area contributed by atoms with Crippen LogP contribution in [0.5, 0.6) is 0 Å². The summed E-state index contributed by atoms with van der Waals surface area (Å²) in [6.45, 7) is 1.58. The summed E-state index contributed by atoms with van der Waals surface area (Å²) in [5.74, 6) is 0. The van der Waals surface area contributed by atoms with Crippen molar-refractivity contribution in [2.24, 2.45) is 0 Å². The molecule has 1 saturated carbocycles. The lowest BCUT2D eigenvalue weighted by Crippen LogP contribution is -2.45. The smallest absolute Gasteiger partial charge is 0.242 e. The molecule has 1 heterocycles. The van der Waals surface area contributed by atoms with E-state index in [2.05, 4.69) is 5.32 Å². The van der Waals surface area contributed by atoms with E-state index in [1.165, 1.54) is 0 Å². The molecule has 5 heteroatoms. The Hall–Kier alpha value is -0.910. The molecule has 1 aromatic rings. The van der Waals surface area contributed by atoms with Crippen molar-refractivity contribution in [1.82, 2.24) is 9.62 Å². The molecule has 0 spiro atoms. The Balaban J connectivity index is 1.91. The molecule has 0 unspecified atom stereocenters. The van der Waals surface area contributed by atoms with Crippen LogP contribution < -0.4 is 5.32 Å². The summed E-state index contributed by atoms with van der Waals surface area (Å²) >= 11 is 0. The fraction of sp³-hybridized carbons (Fsp3) is 0.571. The molecule has 0 bridgehead atoms. The van der Waals surface area contributed by atoms with Gasteiger partial charge >= 0.3 is 0 Å². The molecule has 1 aromatic carbocycles. The first-order valence-corrected chi connectivity index (χ1v) is 8.35. The van der Waals surface area contributed by atoms with E-state index >= 15 is 0 Å². The van der Waals surface area contributed by atoms with Crippen LogP contribution in [0, 0.1) is 0 Å². The van der Waals surface area contributed by atoms with Crippen LogP contribution in [-0.4, -0.2) is 37.9 Å². The molecule has 2 fully saturated rings. The van der Waals surface area contributed by atoms with Crippen molar-refractivity contribution in [3.05, 3.63) is 30.3 Å². The third kappa shape index (κ3) is 2.68. The van der Waals surface area contributed by atoms with Crippen molar-refractivity contribution < 1.29 is 8.42 Å². The quantitative estimate of drug-likeness (QED) is 0.840. The van der Waals surface area contributed by atoms with Crippen LogP contribution in [0.25, 0.3) is 0 Å². The van der Waals surface area contributed by atoms with Gasteiger partial charge in [-0.1, -0.05) is 18.2 Å². The fourth-order valence-electron chi connectivity index (χ4n) is 2.73. The van der Waals surface area contributed by atoms with Gasteiger partial charge in [-0.2, -0.15) is 4.31 Å². The van der Waals surface area contributed by atoms with Crippen molar-refractivity contribution >= 4 is 10.0 Å². The number of nitrogens with zero attached hydrogens (tertiary/aromatic N) is 2. The standard InChI is InChI=1S/C14H19N2O2S/c17-19(18,14-4-2-1-3-5-14)16(12-6-7-12)13-8-10-15-11-9-13/h1-5,12-13H,6-11H2. The maximum absolute atomic E-state index is 12.8. The van der Waals surface area contributed by atoms with Crippen LogP contribution >= 0.6 is 0 Å². The second-order valence-corrected chi connectivity index (χ2v) is 7.12. The average Bonchev–Trinajstić information content (AvgIpc) is 3.25. The van der Waals surface area contributed by atoms with Crippen molar-refractivity contribution in [2.75, 3.05) is 13.1 Å². The van der Waals surface area contributed by atoms with Gasteiger partial charge in [0.15, 0.2) is 0 Å². The first-order valence-electron chi connectivity index (χ1n) is 6.91. The van der Waals surface area contributed by atoms with Gasteiger partial charge in [0.2, 0.25) is 10.0 Å². The Kier molecular flexibility index (Phi) is 3.60. The van der Waals surface area contributed by atoms with Crippen molar-refractivity contribution in [3.63, 3.8) is 0 Å². The van der Waals surface area contributed by atoms with Gasteiger partial charge in [0.25, 0.3) is 0 Å². The first-order chi connectivity index (χ1) is 9.19. The first kappa shape index (κ1) is 13.1. The summed E-state index contributed by atoms with van der Waals surface area (Å²) < 4.78 is 27.4. The molecule has 0 aromatic heterocycles. The molecule has 1 radical (unpaired) electrons. The lowest BCUT2D eigenvalue weighted by molar-refractivity contribution is 0.253. The lowest BCUT2D eigenvalue weighted by atomic mass is 10.1. The van der Waals surface area contributed by atoms with E-state index < -0.39 is 10.0 Å². The van der Waals surface area contributed by atoms with E-state index in [1.54, 1.807) is 28.6 Å². The molecule has 3 rings (SSSR count). The summed E-state index contributed by atoms with van der Waals surface area (Å²) in [5.41, 5.74) is 0. The number of sulfonamides is 1. The van der Waals surface area contributed by atoms with E-state index in [0.29, 0.717) is 4.90 Å². The number of benzene rings is 1. The molecule has 4 nitrogen and oxygen atoms in total. The highest BCUT2D eigenvalue weighted by molar-refractivity contribution is 7.89. The van der Waals surface area contributed by atoms with Gasteiger partial charge in [0.1, 0.15) is 0 Å². The topological polar surface area (TPSA) is 51.5 Å². The Morgan fingerprint density at radius 2 is 1.53 bits per heavy atom. The molecule has 103 valence electrons. The van der Waals surface area contributed by atoms with Crippen LogP contribution in [0.15, 0.2) is 35.2 Å². The Morgan fingerprint density at radius 1 is 0.947 bits per heavy atom.